The minimum Gasteiger partial charge on any atom is -0.494 e. The van der Waals surface area contributed by atoms with Crippen LogP contribution in [0.4, 0.5) is 11.4 Å². The van der Waals surface area contributed by atoms with Gasteiger partial charge >= 0.3 is 0 Å². The van der Waals surface area contributed by atoms with Crippen molar-refractivity contribution in [3.05, 3.63) is 48.0 Å². The highest BCUT2D eigenvalue weighted by molar-refractivity contribution is 5.95. The summed E-state index contributed by atoms with van der Waals surface area (Å²) in [4.78, 5) is 23.3. The quantitative estimate of drug-likeness (QED) is 0.755. The van der Waals surface area contributed by atoms with Crippen LogP contribution in [-0.2, 0) is 9.59 Å². The molecule has 0 aliphatic carbocycles. The number of benzene rings is 2. The Morgan fingerprint density at radius 1 is 0.923 bits per heavy atom. The number of rotatable bonds is 8. The lowest BCUT2D eigenvalue weighted by molar-refractivity contribution is -0.118. The van der Waals surface area contributed by atoms with E-state index in [2.05, 4.69) is 10.6 Å². The van der Waals surface area contributed by atoms with Crippen molar-refractivity contribution in [2.45, 2.75) is 27.2 Å². The van der Waals surface area contributed by atoms with E-state index in [1.807, 2.05) is 26.0 Å². The highest BCUT2D eigenvalue weighted by Crippen LogP contribution is 2.23. The molecule has 0 aromatic heterocycles. The fourth-order valence-corrected chi connectivity index (χ4v) is 2.28. The summed E-state index contributed by atoms with van der Waals surface area (Å²) in [7, 11) is 0. The molecule has 138 valence electrons. The summed E-state index contributed by atoms with van der Waals surface area (Å²) < 4.78 is 11.0. The lowest BCUT2D eigenvalue weighted by Gasteiger charge is -2.13. The molecule has 0 saturated carbocycles. The van der Waals surface area contributed by atoms with Crippen molar-refractivity contribution < 1.29 is 19.1 Å². The van der Waals surface area contributed by atoms with Gasteiger partial charge in [0.1, 0.15) is 11.5 Å². The van der Waals surface area contributed by atoms with E-state index in [9.17, 15) is 9.59 Å². The summed E-state index contributed by atoms with van der Waals surface area (Å²) >= 11 is 0. The van der Waals surface area contributed by atoms with Gasteiger partial charge in [0.2, 0.25) is 5.91 Å². The van der Waals surface area contributed by atoms with E-state index in [1.165, 1.54) is 6.92 Å². The first kappa shape index (κ1) is 19.3. The third-order valence-corrected chi connectivity index (χ3v) is 3.59. The average Bonchev–Trinajstić information content (AvgIpc) is 2.62. The number of hydrogen-bond acceptors (Lipinski definition) is 4. The summed E-state index contributed by atoms with van der Waals surface area (Å²) in [6.45, 7) is 5.87. The summed E-state index contributed by atoms with van der Waals surface area (Å²) in [5.41, 5.74) is 2.08. The Hall–Kier alpha value is -3.02. The first-order valence-corrected chi connectivity index (χ1v) is 8.52. The fourth-order valence-electron chi connectivity index (χ4n) is 2.28. The van der Waals surface area contributed by atoms with E-state index < -0.39 is 0 Å². The van der Waals surface area contributed by atoms with E-state index in [0.29, 0.717) is 23.7 Å². The Balaban J connectivity index is 1.90. The molecule has 0 bridgehead atoms. The number of ether oxygens (including phenoxy) is 2. The molecule has 0 aliphatic heterocycles. The Morgan fingerprint density at radius 2 is 1.50 bits per heavy atom. The Kier molecular flexibility index (Phi) is 7.02. The lowest BCUT2D eigenvalue weighted by Crippen LogP contribution is -2.21. The maximum absolute atomic E-state index is 12.1. The molecule has 6 heteroatoms. The third-order valence-electron chi connectivity index (χ3n) is 3.59. The normalized spacial score (nSPS) is 10.1. The summed E-state index contributed by atoms with van der Waals surface area (Å²) in [5, 5.41) is 5.52. The zero-order valence-corrected chi connectivity index (χ0v) is 15.3. The van der Waals surface area contributed by atoms with Crippen molar-refractivity contribution in [2.75, 3.05) is 23.8 Å². The van der Waals surface area contributed by atoms with Gasteiger partial charge in [0.05, 0.1) is 6.61 Å². The smallest absolute Gasteiger partial charge is 0.262 e. The van der Waals surface area contributed by atoms with Crippen LogP contribution >= 0.6 is 0 Å². The van der Waals surface area contributed by atoms with Crippen LogP contribution in [-0.4, -0.2) is 25.0 Å². The molecule has 2 amide bonds. The van der Waals surface area contributed by atoms with Gasteiger partial charge in [-0.3, -0.25) is 9.59 Å². The summed E-state index contributed by atoms with van der Waals surface area (Å²) in [5.74, 6) is 0.924. The van der Waals surface area contributed by atoms with Gasteiger partial charge in [-0.15, -0.1) is 0 Å². The van der Waals surface area contributed by atoms with Gasteiger partial charge in [-0.2, -0.15) is 0 Å². The van der Waals surface area contributed by atoms with Crippen molar-refractivity contribution in [1.29, 1.82) is 0 Å². The second kappa shape index (κ2) is 9.46. The number of carbonyl (C=O) groups excluding carboxylic acids is 2. The Labute approximate surface area is 153 Å². The molecular weight excluding hydrogens is 332 g/mol. The molecule has 0 radical (unpaired) electrons. The van der Waals surface area contributed by atoms with Gasteiger partial charge < -0.3 is 20.1 Å². The minimum absolute atomic E-state index is 0.112. The van der Waals surface area contributed by atoms with Crippen molar-refractivity contribution in [3.63, 3.8) is 0 Å². The number of anilines is 2. The molecule has 0 spiro atoms. The molecule has 0 unspecified atom stereocenters. The zero-order valence-electron chi connectivity index (χ0n) is 15.3. The van der Waals surface area contributed by atoms with Crippen molar-refractivity contribution in [3.8, 4) is 11.5 Å². The molecule has 0 atom stereocenters. The average molecular weight is 356 g/mol. The topological polar surface area (TPSA) is 76.7 Å². The summed E-state index contributed by atoms with van der Waals surface area (Å²) in [6, 6.07) is 12.5. The number of hydrogen-bond donors (Lipinski definition) is 2. The molecule has 0 heterocycles. The number of carbonyl (C=O) groups is 2. The molecule has 26 heavy (non-hydrogen) atoms. The van der Waals surface area contributed by atoms with E-state index >= 15 is 0 Å². The van der Waals surface area contributed by atoms with Gasteiger partial charge in [-0.1, -0.05) is 13.0 Å². The van der Waals surface area contributed by atoms with Gasteiger partial charge in [0.15, 0.2) is 6.61 Å². The van der Waals surface area contributed by atoms with Gasteiger partial charge in [0, 0.05) is 18.3 Å². The molecule has 6 nitrogen and oxygen atoms in total. The van der Waals surface area contributed by atoms with Crippen LogP contribution in [0.1, 0.15) is 25.8 Å². The molecule has 2 aromatic carbocycles. The number of nitrogens with one attached hydrogen (secondary N) is 2. The lowest BCUT2D eigenvalue weighted by atomic mass is 10.1. The zero-order chi connectivity index (χ0) is 18.9. The second-order valence-electron chi connectivity index (χ2n) is 5.82. The predicted octanol–water partition coefficient (Wildman–Crippen LogP) is 3.76. The van der Waals surface area contributed by atoms with Crippen molar-refractivity contribution >= 4 is 23.2 Å². The van der Waals surface area contributed by atoms with E-state index in [1.54, 1.807) is 30.3 Å². The molecule has 0 aliphatic rings. The molecular formula is C20H24N2O4. The minimum atomic E-state index is -0.278. The van der Waals surface area contributed by atoms with Crippen LogP contribution in [0.5, 0.6) is 11.5 Å². The molecule has 0 fully saturated rings. The van der Waals surface area contributed by atoms with Crippen LogP contribution < -0.4 is 20.1 Å². The predicted molar refractivity (Wildman–Crippen MR) is 102 cm³/mol. The monoisotopic (exact) mass is 356 g/mol. The van der Waals surface area contributed by atoms with Crippen molar-refractivity contribution in [1.82, 2.24) is 0 Å². The van der Waals surface area contributed by atoms with Crippen LogP contribution in [0, 0.1) is 6.92 Å². The standard InChI is InChI=1S/C20H24N2O4/c1-4-12-25-16-8-10-17(11-9-16)26-13-20(24)22-19-7-5-6-18(14(19)2)21-15(3)23/h5-11H,4,12-13H2,1-3H3,(H,21,23)(H,22,24). The second-order valence-corrected chi connectivity index (χ2v) is 5.82. The largest absolute Gasteiger partial charge is 0.494 e. The third kappa shape index (κ3) is 5.81. The van der Waals surface area contributed by atoms with Crippen LogP contribution in [0.3, 0.4) is 0 Å². The highest BCUT2D eigenvalue weighted by Gasteiger charge is 2.09. The fraction of sp³-hybridized carbons (Fsp3) is 0.300. The molecule has 2 N–H and O–H groups in total. The van der Waals surface area contributed by atoms with E-state index in [-0.39, 0.29) is 18.4 Å². The molecule has 0 saturated heterocycles. The van der Waals surface area contributed by atoms with Gasteiger partial charge in [-0.25, -0.2) is 0 Å². The van der Waals surface area contributed by atoms with Crippen LogP contribution in [0.15, 0.2) is 42.5 Å². The van der Waals surface area contributed by atoms with Gasteiger partial charge in [-0.05, 0) is 55.3 Å². The first-order chi connectivity index (χ1) is 12.5. The first-order valence-electron chi connectivity index (χ1n) is 8.52. The highest BCUT2D eigenvalue weighted by atomic mass is 16.5. The van der Waals surface area contributed by atoms with E-state index in [4.69, 9.17) is 9.47 Å². The summed E-state index contributed by atoms with van der Waals surface area (Å²) in [6.07, 6.45) is 0.945. The van der Waals surface area contributed by atoms with Crippen LogP contribution in [0.2, 0.25) is 0 Å². The maximum atomic E-state index is 12.1. The Bertz CT molecular complexity index is 757. The molecule has 2 aromatic rings. The van der Waals surface area contributed by atoms with Crippen molar-refractivity contribution in [2.24, 2.45) is 0 Å². The Morgan fingerprint density at radius 3 is 2.08 bits per heavy atom. The number of amides is 2. The SMILES string of the molecule is CCCOc1ccc(OCC(=O)Nc2cccc(NC(C)=O)c2C)cc1. The van der Waals surface area contributed by atoms with E-state index in [0.717, 1.165) is 17.7 Å². The molecule has 2 rings (SSSR count). The maximum Gasteiger partial charge on any atom is 0.262 e. The van der Waals surface area contributed by atoms with Crippen LogP contribution in [0.25, 0.3) is 0 Å². The van der Waals surface area contributed by atoms with Gasteiger partial charge in [0.25, 0.3) is 5.91 Å².